The molecule has 1 heterocycles. The summed E-state index contributed by atoms with van der Waals surface area (Å²) >= 11 is 0. The average Bonchev–Trinajstić information content (AvgIpc) is 2.69. The number of benzene rings is 1. The Bertz CT molecular complexity index is 446. The second-order valence-electron chi connectivity index (χ2n) is 6.35. The molecule has 110 valence electrons. The Morgan fingerprint density at radius 2 is 2.05 bits per heavy atom. The molecule has 1 fully saturated rings. The van der Waals surface area contributed by atoms with Gasteiger partial charge in [-0.2, -0.15) is 0 Å². The largest absolute Gasteiger partial charge is 0.329 e. The van der Waals surface area contributed by atoms with Crippen molar-refractivity contribution < 1.29 is 0 Å². The molecule has 2 aliphatic rings. The van der Waals surface area contributed by atoms with Gasteiger partial charge in [-0.1, -0.05) is 30.7 Å². The summed E-state index contributed by atoms with van der Waals surface area (Å²) in [6, 6.07) is 10.1. The summed E-state index contributed by atoms with van der Waals surface area (Å²) < 4.78 is 0. The predicted molar refractivity (Wildman–Crippen MR) is 83.8 cm³/mol. The van der Waals surface area contributed by atoms with Crippen LogP contribution in [0.3, 0.4) is 0 Å². The van der Waals surface area contributed by atoms with Crippen LogP contribution in [0.4, 0.5) is 0 Å². The van der Waals surface area contributed by atoms with E-state index in [1.807, 2.05) is 0 Å². The van der Waals surface area contributed by atoms with E-state index in [2.05, 4.69) is 41.1 Å². The molecule has 0 bridgehead atoms. The molecule has 1 aliphatic carbocycles. The van der Waals surface area contributed by atoms with E-state index in [0.717, 1.165) is 26.2 Å². The SMILES string of the molecule is CN1CCN(C2CCCCc3ccccc32)C(CN)C1. The minimum Gasteiger partial charge on any atom is -0.329 e. The van der Waals surface area contributed by atoms with Gasteiger partial charge in [-0.15, -0.1) is 0 Å². The van der Waals surface area contributed by atoms with E-state index in [9.17, 15) is 0 Å². The molecular formula is C17H27N3. The Balaban J connectivity index is 1.88. The van der Waals surface area contributed by atoms with Crippen LogP contribution in [0.2, 0.25) is 0 Å². The first kappa shape index (κ1) is 14.1. The number of nitrogens with zero attached hydrogens (tertiary/aromatic N) is 2. The van der Waals surface area contributed by atoms with Gasteiger partial charge in [-0.05, 0) is 37.4 Å². The van der Waals surface area contributed by atoms with Crippen LogP contribution in [0, 0.1) is 0 Å². The summed E-state index contributed by atoms with van der Waals surface area (Å²) in [6.45, 7) is 4.19. The molecule has 2 atom stereocenters. The van der Waals surface area contributed by atoms with Gasteiger partial charge in [0.05, 0.1) is 0 Å². The van der Waals surface area contributed by atoms with Gasteiger partial charge < -0.3 is 10.6 Å². The molecule has 3 rings (SSSR count). The molecule has 0 amide bonds. The summed E-state index contributed by atoms with van der Waals surface area (Å²) in [7, 11) is 2.21. The Labute approximate surface area is 122 Å². The number of likely N-dealkylation sites (N-methyl/N-ethyl adjacent to an activating group) is 1. The Morgan fingerprint density at radius 1 is 1.20 bits per heavy atom. The van der Waals surface area contributed by atoms with Crippen molar-refractivity contribution in [3.63, 3.8) is 0 Å². The molecule has 0 saturated carbocycles. The summed E-state index contributed by atoms with van der Waals surface area (Å²) in [5.41, 5.74) is 9.18. The molecule has 20 heavy (non-hydrogen) atoms. The van der Waals surface area contributed by atoms with Gasteiger partial charge in [0.15, 0.2) is 0 Å². The van der Waals surface area contributed by atoms with E-state index >= 15 is 0 Å². The summed E-state index contributed by atoms with van der Waals surface area (Å²) in [5.74, 6) is 0. The van der Waals surface area contributed by atoms with Crippen molar-refractivity contribution in [2.45, 2.75) is 37.8 Å². The van der Waals surface area contributed by atoms with Crippen molar-refractivity contribution in [3.8, 4) is 0 Å². The lowest BCUT2D eigenvalue weighted by molar-refractivity contribution is 0.0517. The quantitative estimate of drug-likeness (QED) is 0.837. The van der Waals surface area contributed by atoms with Gasteiger partial charge in [0, 0.05) is 38.3 Å². The zero-order chi connectivity index (χ0) is 13.9. The van der Waals surface area contributed by atoms with Gasteiger partial charge in [-0.25, -0.2) is 0 Å². The van der Waals surface area contributed by atoms with E-state index in [0.29, 0.717) is 12.1 Å². The number of aryl methyl sites for hydroxylation is 1. The lowest BCUT2D eigenvalue weighted by Crippen LogP contribution is -2.55. The van der Waals surface area contributed by atoms with Crippen LogP contribution in [-0.4, -0.2) is 49.1 Å². The maximum absolute atomic E-state index is 6.05. The first-order chi connectivity index (χ1) is 9.79. The Kier molecular flexibility index (Phi) is 4.39. The lowest BCUT2D eigenvalue weighted by Gasteiger charge is -2.44. The molecule has 2 unspecified atom stereocenters. The minimum absolute atomic E-state index is 0.505. The molecule has 3 heteroatoms. The number of hydrogen-bond acceptors (Lipinski definition) is 3. The monoisotopic (exact) mass is 273 g/mol. The molecule has 1 aromatic carbocycles. The standard InChI is InChI=1S/C17H27N3/c1-19-10-11-20(15(12-18)13-19)17-9-5-3-7-14-6-2-4-8-16(14)17/h2,4,6,8,15,17H,3,5,7,9-13,18H2,1H3. The molecule has 0 spiro atoms. The van der Waals surface area contributed by atoms with E-state index in [1.54, 1.807) is 11.1 Å². The van der Waals surface area contributed by atoms with Crippen LogP contribution in [0.25, 0.3) is 0 Å². The zero-order valence-electron chi connectivity index (χ0n) is 12.6. The van der Waals surface area contributed by atoms with E-state index in [-0.39, 0.29) is 0 Å². The third-order valence-electron chi connectivity index (χ3n) is 4.99. The van der Waals surface area contributed by atoms with Crippen LogP contribution < -0.4 is 5.73 Å². The van der Waals surface area contributed by atoms with Crippen molar-refractivity contribution in [2.75, 3.05) is 33.2 Å². The van der Waals surface area contributed by atoms with Gasteiger partial charge in [0.25, 0.3) is 0 Å². The van der Waals surface area contributed by atoms with Gasteiger partial charge >= 0.3 is 0 Å². The van der Waals surface area contributed by atoms with Gasteiger partial charge in [-0.3, -0.25) is 4.90 Å². The second-order valence-corrected chi connectivity index (χ2v) is 6.35. The molecule has 2 N–H and O–H groups in total. The first-order valence-corrected chi connectivity index (χ1v) is 8.01. The number of hydrogen-bond donors (Lipinski definition) is 1. The maximum atomic E-state index is 6.05. The summed E-state index contributed by atoms with van der Waals surface area (Å²) in [5, 5.41) is 0. The fourth-order valence-electron chi connectivity index (χ4n) is 3.88. The van der Waals surface area contributed by atoms with E-state index < -0.39 is 0 Å². The topological polar surface area (TPSA) is 32.5 Å². The predicted octanol–water partition coefficient (Wildman–Crippen LogP) is 2.03. The lowest BCUT2D eigenvalue weighted by atomic mass is 9.95. The smallest absolute Gasteiger partial charge is 0.0355 e. The molecule has 0 aromatic heterocycles. The molecule has 0 radical (unpaired) electrons. The van der Waals surface area contributed by atoms with Crippen molar-refractivity contribution in [1.29, 1.82) is 0 Å². The third kappa shape index (κ3) is 2.76. The normalized spacial score (nSPS) is 28.9. The number of rotatable bonds is 2. The van der Waals surface area contributed by atoms with Gasteiger partial charge in [0.2, 0.25) is 0 Å². The highest BCUT2D eigenvalue weighted by atomic mass is 15.3. The second kappa shape index (κ2) is 6.25. The maximum Gasteiger partial charge on any atom is 0.0355 e. The Hall–Kier alpha value is -0.900. The highest BCUT2D eigenvalue weighted by molar-refractivity contribution is 5.31. The number of piperazine rings is 1. The van der Waals surface area contributed by atoms with Gasteiger partial charge in [0.1, 0.15) is 0 Å². The number of fused-ring (bicyclic) bond motifs is 1. The van der Waals surface area contributed by atoms with Crippen LogP contribution in [0.5, 0.6) is 0 Å². The molecule has 1 aliphatic heterocycles. The fraction of sp³-hybridized carbons (Fsp3) is 0.647. The van der Waals surface area contributed by atoms with Crippen LogP contribution in [0.1, 0.15) is 36.4 Å². The van der Waals surface area contributed by atoms with Crippen LogP contribution in [-0.2, 0) is 6.42 Å². The fourth-order valence-corrected chi connectivity index (χ4v) is 3.88. The van der Waals surface area contributed by atoms with Crippen molar-refractivity contribution in [1.82, 2.24) is 9.80 Å². The average molecular weight is 273 g/mol. The van der Waals surface area contributed by atoms with Crippen molar-refractivity contribution in [2.24, 2.45) is 5.73 Å². The van der Waals surface area contributed by atoms with E-state index in [1.165, 1.54) is 25.7 Å². The van der Waals surface area contributed by atoms with E-state index in [4.69, 9.17) is 5.73 Å². The van der Waals surface area contributed by atoms with Crippen LogP contribution in [0.15, 0.2) is 24.3 Å². The molecule has 1 saturated heterocycles. The number of nitrogens with two attached hydrogens (primary N) is 1. The summed E-state index contributed by atoms with van der Waals surface area (Å²) in [6.07, 6.45) is 5.20. The minimum atomic E-state index is 0.505. The molecule has 1 aromatic rings. The molecule has 3 nitrogen and oxygen atoms in total. The highest BCUT2D eigenvalue weighted by Crippen LogP contribution is 2.35. The highest BCUT2D eigenvalue weighted by Gasteiger charge is 2.32. The summed E-state index contributed by atoms with van der Waals surface area (Å²) in [4.78, 5) is 5.10. The van der Waals surface area contributed by atoms with Crippen molar-refractivity contribution in [3.05, 3.63) is 35.4 Å². The van der Waals surface area contributed by atoms with Crippen molar-refractivity contribution >= 4 is 0 Å². The first-order valence-electron chi connectivity index (χ1n) is 8.01. The molecular weight excluding hydrogens is 246 g/mol. The zero-order valence-corrected chi connectivity index (χ0v) is 12.6. The third-order valence-corrected chi connectivity index (χ3v) is 4.99. The van der Waals surface area contributed by atoms with Crippen LogP contribution >= 0.6 is 0 Å². The Morgan fingerprint density at radius 3 is 2.90 bits per heavy atom.